The van der Waals surface area contributed by atoms with Crippen molar-refractivity contribution in [3.05, 3.63) is 5.82 Å². The van der Waals surface area contributed by atoms with Crippen molar-refractivity contribution < 1.29 is 4.43 Å². The lowest BCUT2D eigenvalue weighted by molar-refractivity contribution is 0.269. The molecule has 0 amide bonds. The van der Waals surface area contributed by atoms with Crippen LogP contribution < -0.4 is 5.73 Å². The molecule has 1 aromatic heterocycles. The number of nitrogens with zero attached hydrogens (tertiary/aromatic N) is 2. The predicted octanol–water partition coefficient (Wildman–Crippen LogP) is 2.64. The van der Waals surface area contributed by atoms with E-state index >= 15 is 0 Å². The summed E-state index contributed by atoms with van der Waals surface area (Å²) in [4.78, 5) is 4.08. The Morgan fingerprint density at radius 1 is 1.40 bits per heavy atom. The van der Waals surface area contributed by atoms with Crippen molar-refractivity contribution in [2.75, 3.05) is 5.73 Å². The summed E-state index contributed by atoms with van der Waals surface area (Å²) >= 11 is 1.21. The number of nitrogens with two attached hydrogens (primary N) is 1. The van der Waals surface area contributed by atoms with Gasteiger partial charge in [0.15, 0.2) is 19.3 Å². The van der Waals surface area contributed by atoms with E-state index < -0.39 is 8.32 Å². The van der Waals surface area contributed by atoms with Gasteiger partial charge in [0.05, 0.1) is 6.61 Å². The minimum absolute atomic E-state index is 0.217. The van der Waals surface area contributed by atoms with Gasteiger partial charge in [0.2, 0.25) is 0 Å². The highest BCUT2D eigenvalue weighted by atomic mass is 32.1. The first kappa shape index (κ1) is 12.6. The quantitative estimate of drug-likeness (QED) is 0.832. The van der Waals surface area contributed by atoms with Crippen LogP contribution in [0.15, 0.2) is 0 Å². The van der Waals surface area contributed by atoms with Gasteiger partial charge in [-0.3, -0.25) is 0 Å². The molecular formula is C9H19N3OSSi. The molecule has 0 radical (unpaired) electrons. The van der Waals surface area contributed by atoms with Crippen molar-refractivity contribution in [2.24, 2.45) is 0 Å². The molecule has 0 aliphatic heterocycles. The van der Waals surface area contributed by atoms with E-state index in [4.69, 9.17) is 10.2 Å². The Hall–Kier alpha value is -0.463. The molecule has 0 aliphatic rings. The van der Waals surface area contributed by atoms with Gasteiger partial charge < -0.3 is 10.2 Å². The minimum Gasteiger partial charge on any atom is -0.409 e. The van der Waals surface area contributed by atoms with Crippen molar-refractivity contribution in [1.29, 1.82) is 0 Å². The third kappa shape index (κ3) is 3.25. The van der Waals surface area contributed by atoms with Gasteiger partial charge >= 0.3 is 0 Å². The van der Waals surface area contributed by atoms with Gasteiger partial charge in [0.25, 0.3) is 0 Å². The fourth-order valence-electron chi connectivity index (χ4n) is 0.788. The SMILES string of the molecule is CC(C)(C)[Si](C)(C)OCc1nsc(N)n1. The van der Waals surface area contributed by atoms with Crippen LogP contribution in [0.1, 0.15) is 26.6 Å². The number of nitrogen functional groups attached to an aromatic ring is 1. The smallest absolute Gasteiger partial charge is 0.200 e. The second-order valence-corrected chi connectivity index (χ2v) is 10.7. The molecule has 0 unspecified atom stereocenters. The van der Waals surface area contributed by atoms with Gasteiger partial charge in [-0.1, -0.05) is 20.8 Å². The maximum Gasteiger partial charge on any atom is 0.200 e. The van der Waals surface area contributed by atoms with Gasteiger partial charge in [-0.25, -0.2) is 4.98 Å². The van der Waals surface area contributed by atoms with Crippen LogP contribution in [0.5, 0.6) is 0 Å². The zero-order valence-electron chi connectivity index (χ0n) is 10.00. The molecule has 0 bridgehead atoms. The zero-order valence-corrected chi connectivity index (χ0v) is 11.8. The Labute approximate surface area is 96.2 Å². The molecule has 0 aromatic carbocycles. The summed E-state index contributed by atoms with van der Waals surface area (Å²) < 4.78 is 10.1. The van der Waals surface area contributed by atoms with Gasteiger partial charge in [-0.2, -0.15) is 4.37 Å². The molecule has 0 spiro atoms. The highest BCUT2D eigenvalue weighted by Gasteiger charge is 2.37. The lowest BCUT2D eigenvalue weighted by Crippen LogP contribution is -2.40. The second-order valence-electron chi connectivity index (χ2n) is 5.10. The van der Waals surface area contributed by atoms with E-state index in [1.165, 1.54) is 11.5 Å². The molecule has 1 aromatic rings. The van der Waals surface area contributed by atoms with E-state index in [0.717, 1.165) is 0 Å². The molecular weight excluding hydrogens is 226 g/mol. The van der Waals surface area contributed by atoms with Crippen LogP contribution in [-0.4, -0.2) is 17.7 Å². The molecule has 15 heavy (non-hydrogen) atoms. The Morgan fingerprint density at radius 3 is 2.40 bits per heavy atom. The van der Waals surface area contributed by atoms with Crippen molar-refractivity contribution in [2.45, 2.75) is 45.5 Å². The van der Waals surface area contributed by atoms with E-state index in [-0.39, 0.29) is 5.04 Å². The van der Waals surface area contributed by atoms with E-state index in [1.807, 2.05) is 0 Å². The van der Waals surface area contributed by atoms with Crippen molar-refractivity contribution in [1.82, 2.24) is 9.36 Å². The van der Waals surface area contributed by atoms with E-state index in [9.17, 15) is 0 Å². The minimum atomic E-state index is -1.69. The average molecular weight is 245 g/mol. The standard InChI is InChI=1S/C9H19N3OSSi/c1-9(2,3)15(4,5)13-6-7-11-8(10)14-12-7/h6H2,1-5H3,(H2,10,11,12). The Bertz CT molecular complexity index is 332. The van der Waals surface area contributed by atoms with Gasteiger partial charge in [0, 0.05) is 11.5 Å². The molecule has 0 saturated heterocycles. The summed E-state index contributed by atoms with van der Waals surface area (Å²) in [5, 5.41) is 0.720. The highest BCUT2D eigenvalue weighted by molar-refractivity contribution is 7.09. The molecule has 86 valence electrons. The topological polar surface area (TPSA) is 61.0 Å². The number of aromatic nitrogens is 2. The summed E-state index contributed by atoms with van der Waals surface area (Å²) in [6, 6.07) is 0. The second kappa shape index (κ2) is 4.19. The molecule has 0 fully saturated rings. The first-order valence-electron chi connectivity index (χ1n) is 4.94. The summed E-state index contributed by atoms with van der Waals surface area (Å²) in [7, 11) is -1.69. The fraction of sp³-hybridized carbons (Fsp3) is 0.778. The largest absolute Gasteiger partial charge is 0.409 e. The maximum absolute atomic E-state index is 5.96. The molecule has 0 aliphatic carbocycles. The van der Waals surface area contributed by atoms with Gasteiger partial charge in [0.1, 0.15) is 0 Å². The zero-order chi connectivity index (χ0) is 11.7. The Balaban J connectivity index is 2.57. The number of hydrogen-bond donors (Lipinski definition) is 1. The van der Waals surface area contributed by atoms with Crippen LogP contribution in [0.2, 0.25) is 18.1 Å². The van der Waals surface area contributed by atoms with E-state index in [1.54, 1.807) is 0 Å². The molecule has 2 N–H and O–H groups in total. The third-order valence-electron chi connectivity index (χ3n) is 2.85. The Morgan fingerprint density at radius 2 is 2.00 bits per heavy atom. The normalized spacial score (nSPS) is 13.1. The first-order chi connectivity index (χ1) is 6.72. The van der Waals surface area contributed by atoms with Crippen molar-refractivity contribution in [3.63, 3.8) is 0 Å². The summed E-state index contributed by atoms with van der Waals surface area (Å²) in [6.45, 7) is 11.5. The number of rotatable bonds is 3. The molecule has 0 atom stereocenters. The van der Waals surface area contributed by atoms with E-state index in [2.05, 4.69) is 43.2 Å². The Kier molecular flexibility index (Phi) is 3.52. The molecule has 1 rings (SSSR count). The lowest BCUT2D eigenvalue weighted by atomic mass is 10.2. The first-order valence-corrected chi connectivity index (χ1v) is 8.62. The fourth-order valence-corrected chi connectivity index (χ4v) is 2.15. The maximum atomic E-state index is 5.96. The predicted molar refractivity (Wildman–Crippen MR) is 66.3 cm³/mol. The van der Waals surface area contributed by atoms with Crippen molar-refractivity contribution in [3.8, 4) is 0 Å². The van der Waals surface area contributed by atoms with Gasteiger partial charge in [-0.05, 0) is 18.1 Å². The highest BCUT2D eigenvalue weighted by Crippen LogP contribution is 2.36. The number of hydrogen-bond acceptors (Lipinski definition) is 5. The van der Waals surface area contributed by atoms with Crippen LogP contribution >= 0.6 is 11.5 Å². The molecule has 6 heteroatoms. The summed E-state index contributed by atoms with van der Waals surface area (Å²) in [5.74, 6) is 0.697. The van der Waals surface area contributed by atoms with Crippen LogP contribution in [-0.2, 0) is 11.0 Å². The summed E-state index contributed by atoms with van der Waals surface area (Å²) in [5.41, 5.74) is 5.50. The van der Waals surface area contributed by atoms with Crippen LogP contribution in [0.25, 0.3) is 0 Å². The van der Waals surface area contributed by atoms with Crippen LogP contribution in [0, 0.1) is 0 Å². The average Bonchev–Trinajstić information content (AvgIpc) is 2.46. The van der Waals surface area contributed by atoms with Crippen LogP contribution in [0.4, 0.5) is 5.13 Å². The van der Waals surface area contributed by atoms with Gasteiger partial charge in [-0.15, -0.1) is 0 Å². The van der Waals surface area contributed by atoms with Crippen molar-refractivity contribution >= 4 is 25.0 Å². The molecule has 4 nitrogen and oxygen atoms in total. The molecule has 1 heterocycles. The lowest BCUT2D eigenvalue weighted by Gasteiger charge is -2.35. The van der Waals surface area contributed by atoms with Crippen LogP contribution in [0.3, 0.4) is 0 Å². The third-order valence-corrected chi connectivity index (χ3v) is 7.91. The molecule has 0 saturated carbocycles. The number of anilines is 1. The summed E-state index contributed by atoms with van der Waals surface area (Å²) in [6.07, 6.45) is 0. The van der Waals surface area contributed by atoms with E-state index in [0.29, 0.717) is 17.6 Å². The monoisotopic (exact) mass is 245 g/mol.